The highest BCUT2D eigenvalue weighted by Crippen LogP contribution is 2.22. The molecule has 7 heteroatoms. The van der Waals surface area contributed by atoms with Gasteiger partial charge in [-0.15, -0.1) is 0 Å². The van der Waals surface area contributed by atoms with Gasteiger partial charge in [0, 0.05) is 25.5 Å². The SMILES string of the molecule is O=C1NC(=O)[C@@H](CC(=O)N2CCC(Cc3cccnc3)CC2)N1. The normalized spacial score (nSPS) is 21.9. The summed E-state index contributed by atoms with van der Waals surface area (Å²) in [4.78, 5) is 40.7. The topological polar surface area (TPSA) is 91.4 Å². The molecule has 1 atom stereocenters. The lowest BCUT2D eigenvalue weighted by Crippen LogP contribution is -2.42. The predicted octanol–water partition coefficient (Wildman–Crippen LogP) is 0.461. The van der Waals surface area contributed by atoms with Gasteiger partial charge in [0.1, 0.15) is 6.04 Å². The Bertz CT molecular complexity index is 597. The summed E-state index contributed by atoms with van der Waals surface area (Å²) in [6.07, 6.45) is 6.57. The van der Waals surface area contributed by atoms with E-state index in [1.54, 1.807) is 11.1 Å². The second kappa shape index (κ2) is 6.76. The van der Waals surface area contributed by atoms with Crippen molar-refractivity contribution in [2.75, 3.05) is 13.1 Å². The van der Waals surface area contributed by atoms with Crippen LogP contribution < -0.4 is 10.6 Å². The van der Waals surface area contributed by atoms with Gasteiger partial charge in [-0.1, -0.05) is 6.07 Å². The number of imide groups is 1. The van der Waals surface area contributed by atoms with Crippen LogP contribution in [0.2, 0.25) is 0 Å². The van der Waals surface area contributed by atoms with E-state index in [4.69, 9.17) is 0 Å². The Morgan fingerprint density at radius 2 is 2.09 bits per heavy atom. The molecule has 0 aromatic carbocycles. The maximum atomic E-state index is 12.3. The van der Waals surface area contributed by atoms with Crippen molar-refractivity contribution in [2.24, 2.45) is 5.92 Å². The molecule has 0 bridgehead atoms. The van der Waals surface area contributed by atoms with Crippen molar-refractivity contribution < 1.29 is 14.4 Å². The minimum atomic E-state index is -0.733. The summed E-state index contributed by atoms with van der Waals surface area (Å²) in [7, 11) is 0. The number of carbonyl (C=O) groups is 3. The van der Waals surface area contributed by atoms with Crippen LogP contribution in [0.3, 0.4) is 0 Å². The van der Waals surface area contributed by atoms with Crippen LogP contribution in [0.4, 0.5) is 4.79 Å². The molecule has 2 aliphatic rings. The number of nitrogens with one attached hydrogen (secondary N) is 2. The van der Waals surface area contributed by atoms with Crippen LogP contribution in [0.5, 0.6) is 0 Å². The van der Waals surface area contributed by atoms with Gasteiger partial charge in [0.15, 0.2) is 0 Å². The van der Waals surface area contributed by atoms with E-state index in [-0.39, 0.29) is 12.3 Å². The Morgan fingerprint density at radius 1 is 1.30 bits per heavy atom. The van der Waals surface area contributed by atoms with E-state index in [0.717, 1.165) is 19.3 Å². The second-order valence-corrected chi connectivity index (χ2v) is 6.11. The summed E-state index contributed by atoms with van der Waals surface area (Å²) in [5.41, 5.74) is 1.22. The third-order valence-electron chi connectivity index (χ3n) is 4.45. The van der Waals surface area contributed by atoms with Gasteiger partial charge in [0.25, 0.3) is 5.91 Å². The largest absolute Gasteiger partial charge is 0.343 e. The summed E-state index contributed by atoms with van der Waals surface area (Å²) in [6, 6.07) is 2.76. The molecule has 7 nitrogen and oxygen atoms in total. The van der Waals surface area contributed by atoms with Crippen LogP contribution in [0.1, 0.15) is 24.8 Å². The van der Waals surface area contributed by atoms with Crippen molar-refractivity contribution in [1.82, 2.24) is 20.5 Å². The monoisotopic (exact) mass is 316 g/mol. The molecule has 3 heterocycles. The average Bonchev–Trinajstić information content (AvgIpc) is 2.86. The molecule has 2 saturated heterocycles. The van der Waals surface area contributed by atoms with Crippen molar-refractivity contribution in [3.63, 3.8) is 0 Å². The molecule has 2 aliphatic heterocycles. The van der Waals surface area contributed by atoms with Crippen LogP contribution in [0, 0.1) is 5.92 Å². The van der Waals surface area contributed by atoms with Gasteiger partial charge in [-0.05, 0) is 36.8 Å². The zero-order valence-electron chi connectivity index (χ0n) is 12.8. The molecule has 1 aromatic heterocycles. The molecule has 0 unspecified atom stereocenters. The summed E-state index contributed by atoms with van der Waals surface area (Å²) in [5.74, 6) is 0.0553. The van der Waals surface area contributed by atoms with Crippen LogP contribution in [0.15, 0.2) is 24.5 Å². The number of hydrogen-bond acceptors (Lipinski definition) is 4. The number of pyridine rings is 1. The van der Waals surface area contributed by atoms with E-state index in [0.29, 0.717) is 19.0 Å². The standard InChI is InChI=1S/C16H20N4O3/c21-14(9-13-15(22)19-16(23)18-13)20-6-3-11(4-7-20)8-12-2-1-5-17-10-12/h1-2,5,10-11,13H,3-4,6-9H2,(H2,18,19,22,23)/t13-/m1/s1. The minimum absolute atomic E-state index is 0.0326. The van der Waals surface area contributed by atoms with Crippen molar-refractivity contribution in [3.05, 3.63) is 30.1 Å². The molecule has 3 rings (SSSR count). The Labute approximate surface area is 134 Å². The fraction of sp³-hybridized carbons (Fsp3) is 0.500. The molecule has 23 heavy (non-hydrogen) atoms. The molecule has 2 N–H and O–H groups in total. The van der Waals surface area contributed by atoms with Crippen LogP contribution in [0.25, 0.3) is 0 Å². The van der Waals surface area contributed by atoms with Gasteiger partial charge in [-0.3, -0.25) is 19.9 Å². The second-order valence-electron chi connectivity index (χ2n) is 6.11. The smallest absolute Gasteiger partial charge is 0.322 e. The van der Waals surface area contributed by atoms with Crippen molar-refractivity contribution >= 4 is 17.8 Å². The van der Waals surface area contributed by atoms with E-state index in [2.05, 4.69) is 21.7 Å². The van der Waals surface area contributed by atoms with E-state index < -0.39 is 18.0 Å². The third-order valence-corrected chi connectivity index (χ3v) is 4.45. The fourth-order valence-corrected chi connectivity index (χ4v) is 3.15. The van der Waals surface area contributed by atoms with Crippen LogP contribution >= 0.6 is 0 Å². The molecule has 1 aromatic rings. The first-order valence-electron chi connectivity index (χ1n) is 7.90. The quantitative estimate of drug-likeness (QED) is 0.790. The molecular weight excluding hydrogens is 296 g/mol. The summed E-state index contributed by atoms with van der Waals surface area (Å²) >= 11 is 0. The Kier molecular flexibility index (Phi) is 4.55. The lowest BCUT2D eigenvalue weighted by atomic mass is 9.90. The number of urea groups is 1. The fourth-order valence-electron chi connectivity index (χ4n) is 3.15. The van der Waals surface area contributed by atoms with Crippen LogP contribution in [-0.2, 0) is 16.0 Å². The number of carbonyl (C=O) groups excluding carboxylic acids is 3. The number of aromatic nitrogens is 1. The maximum absolute atomic E-state index is 12.3. The lowest BCUT2D eigenvalue weighted by molar-refractivity contribution is -0.135. The number of likely N-dealkylation sites (tertiary alicyclic amines) is 1. The Morgan fingerprint density at radius 3 is 2.70 bits per heavy atom. The first-order chi connectivity index (χ1) is 11.1. The van der Waals surface area contributed by atoms with E-state index in [9.17, 15) is 14.4 Å². The molecule has 122 valence electrons. The maximum Gasteiger partial charge on any atom is 0.322 e. The van der Waals surface area contributed by atoms with Crippen molar-refractivity contribution in [2.45, 2.75) is 31.7 Å². The Balaban J connectivity index is 1.46. The number of nitrogens with zero attached hydrogens (tertiary/aromatic N) is 2. The molecule has 4 amide bonds. The summed E-state index contributed by atoms with van der Waals surface area (Å²) in [6.45, 7) is 1.40. The number of hydrogen-bond donors (Lipinski definition) is 2. The minimum Gasteiger partial charge on any atom is -0.343 e. The van der Waals surface area contributed by atoms with Gasteiger partial charge in [0.2, 0.25) is 5.91 Å². The summed E-state index contributed by atoms with van der Waals surface area (Å²) < 4.78 is 0. The van der Waals surface area contributed by atoms with Gasteiger partial charge in [-0.25, -0.2) is 4.79 Å². The number of amides is 4. The first-order valence-corrected chi connectivity index (χ1v) is 7.90. The van der Waals surface area contributed by atoms with E-state index in [1.807, 2.05) is 12.3 Å². The zero-order chi connectivity index (χ0) is 16.2. The van der Waals surface area contributed by atoms with E-state index in [1.165, 1.54) is 5.56 Å². The number of piperidine rings is 1. The van der Waals surface area contributed by atoms with Crippen molar-refractivity contribution in [3.8, 4) is 0 Å². The van der Waals surface area contributed by atoms with Crippen LogP contribution in [-0.4, -0.2) is 46.9 Å². The molecule has 0 saturated carbocycles. The highest BCUT2D eigenvalue weighted by atomic mass is 16.2. The van der Waals surface area contributed by atoms with Gasteiger partial charge in [-0.2, -0.15) is 0 Å². The third kappa shape index (κ3) is 3.85. The van der Waals surface area contributed by atoms with Gasteiger partial charge in [0.05, 0.1) is 6.42 Å². The predicted molar refractivity (Wildman–Crippen MR) is 82.3 cm³/mol. The highest BCUT2D eigenvalue weighted by Gasteiger charge is 2.33. The number of rotatable bonds is 4. The molecule has 2 fully saturated rings. The molecular formula is C16H20N4O3. The molecule has 0 spiro atoms. The van der Waals surface area contributed by atoms with E-state index >= 15 is 0 Å². The Hall–Kier alpha value is -2.44. The first kappa shape index (κ1) is 15.5. The highest BCUT2D eigenvalue weighted by molar-refractivity contribution is 6.05. The zero-order valence-corrected chi connectivity index (χ0v) is 12.8. The molecule has 0 radical (unpaired) electrons. The lowest BCUT2D eigenvalue weighted by Gasteiger charge is -2.32. The van der Waals surface area contributed by atoms with Crippen molar-refractivity contribution in [1.29, 1.82) is 0 Å². The summed E-state index contributed by atoms with van der Waals surface area (Å²) in [5, 5.41) is 4.60. The average molecular weight is 316 g/mol. The van der Waals surface area contributed by atoms with Gasteiger partial charge >= 0.3 is 6.03 Å². The molecule has 0 aliphatic carbocycles. The van der Waals surface area contributed by atoms with Gasteiger partial charge < -0.3 is 10.2 Å².